The van der Waals surface area contributed by atoms with Crippen LogP contribution in [0.5, 0.6) is 0 Å². The Kier molecular flexibility index (Phi) is 10.1. The first-order valence-corrected chi connectivity index (χ1v) is 11.9. The van der Waals surface area contributed by atoms with E-state index in [9.17, 15) is 0 Å². The van der Waals surface area contributed by atoms with Gasteiger partial charge in [0.05, 0.1) is 5.69 Å². The quantitative estimate of drug-likeness (QED) is 0.323. The first kappa shape index (κ1) is 22.7. The van der Waals surface area contributed by atoms with Gasteiger partial charge in [0.15, 0.2) is 5.96 Å². The summed E-state index contributed by atoms with van der Waals surface area (Å²) >= 11 is 1.70. The molecule has 2 N–H and O–H groups in total. The average molecular weight is 431 g/mol. The van der Waals surface area contributed by atoms with Crippen LogP contribution in [0, 0.1) is 5.92 Å². The molecule has 1 saturated heterocycles. The molecule has 1 aromatic heterocycles. The maximum Gasteiger partial charge on any atom is 0.191 e. The van der Waals surface area contributed by atoms with E-state index in [0.29, 0.717) is 5.92 Å². The summed E-state index contributed by atoms with van der Waals surface area (Å²) in [5.41, 5.74) is 2.29. The lowest BCUT2D eigenvalue weighted by Crippen LogP contribution is -2.38. The molecule has 164 valence electrons. The van der Waals surface area contributed by atoms with Crippen molar-refractivity contribution >= 4 is 17.3 Å². The Labute approximate surface area is 184 Å². The highest BCUT2D eigenvalue weighted by atomic mass is 32.1. The van der Waals surface area contributed by atoms with Crippen LogP contribution in [-0.2, 0) is 15.9 Å². The maximum atomic E-state index is 5.82. The third-order valence-electron chi connectivity index (χ3n) is 5.00. The number of aromatic nitrogens is 1. The van der Waals surface area contributed by atoms with Gasteiger partial charge in [-0.2, -0.15) is 0 Å². The van der Waals surface area contributed by atoms with Gasteiger partial charge in [-0.3, -0.25) is 4.99 Å². The summed E-state index contributed by atoms with van der Waals surface area (Å²) in [7, 11) is 0. The lowest BCUT2D eigenvalue weighted by Gasteiger charge is -2.21. The van der Waals surface area contributed by atoms with Gasteiger partial charge in [0.2, 0.25) is 0 Å². The molecule has 0 aliphatic carbocycles. The summed E-state index contributed by atoms with van der Waals surface area (Å²) in [6.07, 6.45) is 4.06. The van der Waals surface area contributed by atoms with Gasteiger partial charge in [0.1, 0.15) is 5.01 Å². The zero-order chi connectivity index (χ0) is 20.9. The number of hydrogen-bond donors (Lipinski definition) is 2. The number of aliphatic imine (C=N–C) groups is 1. The highest BCUT2D eigenvalue weighted by Gasteiger charge is 2.13. The van der Waals surface area contributed by atoms with Gasteiger partial charge in [-0.15, -0.1) is 11.3 Å². The zero-order valence-electron chi connectivity index (χ0n) is 17.9. The minimum absolute atomic E-state index is 0.661. The lowest BCUT2D eigenvalue weighted by atomic mass is 10.0. The van der Waals surface area contributed by atoms with E-state index >= 15 is 0 Å². The molecule has 0 saturated carbocycles. The van der Waals surface area contributed by atoms with Gasteiger partial charge >= 0.3 is 0 Å². The maximum absolute atomic E-state index is 5.82. The van der Waals surface area contributed by atoms with Crippen molar-refractivity contribution in [2.24, 2.45) is 10.9 Å². The smallest absolute Gasteiger partial charge is 0.191 e. The molecular formula is C23H34N4O2S. The Morgan fingerprint density at radius 2 is 2.07 bits per heavy atom. The average Bonchev–Trinajstić information content (AvgIpc) is 3.26. The SMILES string of the molecule is CCNC(=NCCCOCC1CCOCC1)NCCc1csc(-c2ccccc2)n1. The Hall–Kier alpha value is -1.96. The van der Waals surface area contributed by atoms with Crippen LogP contribution in [0.25, 0.3) is 10.6 Å². The first-order chi connectivity index (χ1) is 14.8. The van der Waals surface area contributed by atoms with Crippen molar-refractivity contribution in [1.82, 2.24) is 15.6 Å². The molecule has 3 rings (SSSR count). The number of benzene rings is 1. The van der Waals surface area contributed by atoms with Crippen molar-refractivity contribution in [1.29, 1.82) is 0 Å². The largest absolute Gasteiger partial charge is 0.381 e. The summed E-state index contributed by atoms with van der Waals surface area (Å²) in [5, 5.41) is 9.94. The predicted octanol–water partition coefficient (Wildman–Crippen LogP) is 3.74. The topological polar surface area (TPSA) is 67.8 Å². The predicted molar refractivity (Wildman–Crippen MR) is 124 cm³/mol. The van der Waals surface area contributed by atoms with Crippen LogP contribution in [0.4, 0.5) is 0 Å². The second kappa shape index (κ2) is 13.4. The lowest BCUT2D eigenvalue weighted by molar-refractivity contribution is 0.0205. The molecule has 0 bridgehead atoms. The third kappa shape index (κ3) is 8.05. The van der Waals surface area contributed by atoms with Crippen LogP contribution in [0.1, 0.15) is 31.9 Å². The number of rotatable bonds is 11. The molecule has 6 nitrogen and oxygen atoms in total. The molecular weight excluding hydrogens is 396 g/mol. The fraction of sp³-hybridized carbons (Fsp3) is 0.565. The second-order valence-electron chi connectivity index (χ2n) is 7.43. The molecule has 0 atom stereocenters. The molecule has 0 unspecified atom stereocenters. The summed E-state index contributed by atoms with van der Waals surface area (Å²) in [5.74, 6) is 1.52. The van der Waals surface area contributed by atoms with Gasteiger partial charge in [-0.1, -0.05) is 30.3 Å². The van der Waals surface area contributed by atoms with E-state index in [1.165, 1.54) is 5.56 Å². The number of nitrogens with zero attached hydrogens (tertiary/aromatic N) is 2. The van der Waals surface area contributed by atoms with Crippen molar-refractivity contribution in [2.75, 3.05) is 46.1 Å². The molecule has 7 heteroatoms. The number of thiazole rings is 1. The number of nitrogens with one attached hydrogen (secondary N) is 2. The minimum Gasteiger partial charge on any atom is -0.381 e. The molecule has 0 spiro atoms. The van der Waals surface area contributed by atoms with Crippen LogP contribution in [0.15, 0.2) is 40.7 Å². The van der Waals surface area contributed by atoms with E-state index in [0.717, 1.165) is 88.4 Å². The van der Waals surface area contributed by atoms with Gasteiger partial charge in [-0.05, 0) is 32.1 Å². The standard InChI is InChI=1S/C23H34N4O2S/c1-2-24-23(25-12-6-14-29-17-19-10-15-28-16-11-19)26-13-9-21-18-30-22(27-21)20-7-4-3-5-8-20/h3-5,7-8,18-19H,2,6,9-17H2,1H3,(H2,24,25,26). The highest BCUT2D eigenvalue weighted by molar-refractivity contribution is 7.13. The van der Waals surface area contributed by atoms with Gasteiger partial charge in [0, 0.05) is 63.4 Å². The number of guanidine groups is 1. The molecule has 2 aromatic rings. The van der Waals surface area contributed by atoms with E-state index < -0.39 is 0 Å². The zero-order valence-corrected chi connectivity index (χ0v) is 18.8. The summed E-state index contributed by atoms with van der Waals surface area (Å²) in [6, 6.07) is 10.3. The number of ether oxygens (including phenoxy) is 2. The minimum atomic E-state index is 0.661. The van der Waals surface area contributed by atoms with Gasteiger partial charge in [0.25, 0.3) is 0 Å². The van der Waals surface area contributed by atoms with Crippen molar-refractivity contribution < 1.29 is 9.47 Å². The third-order valence-corrected chi connectivity index (χ3v) is 5.94. The van der Waals surface area contributed by atoms with Crippen LogP contribution in [0.3, 0.4) is 0 Å². The second-order valence-corrected chi connectivity index (χ2v) is 8.29. The molecule has 0 radical (unpaired) electrons. The first-order valence-electron chi connectivity index (χ1n) is 11.0. The van der Waals surface area contributed by atoms with E-state index in [2.05, 4.69) is 40.1 Å². The summed E-state index contributed by atoms with van der Waals surface area (Å²) < 4.78 is 11.2. The van der Waals surface area contributed by atoms with Gasteiger partial charge < -0.3 is 20.1 Å². The van der Waals surface area contributed by atoms with Crippen LogP contribution >= 0.6 is 11.3 Å². The van der Waals surface area contributed by atoms with Crippen molar-refractivity contribution in [3.8, 4) is 10.6 Å². The van der Waals surface area contributed by atoms with E-state index in [1.807, 2.05) is 18.2 Å². The highest BCUT2D eigenvalue weighted by Crippen LogP contribution is 2.23. The summed E-state index contributed by atoms with van der Waals surface area (Å²) in [4.78, 5) is 9.41. The van der Waals surface area contributed by atoms with Crippen LogP contribution in [-0.4, -0.2) is 57.0 Å². The Balaban J connectivity index is 1.33. The fourth-order valence-electron chi connectivity index (χ4n) is 3.31. The normalized spacial score (nSPS) is 15.3. The fourth-order valence-corrected chi connectivity index (χ4v) is 4.17. The molecule has 1 aromatic carbocycles. The van der Waals surface area contributed by atoms with Crippen molar-refractivity contribution in [2.45, 2.75) is 32.6 Å². The van der Waals surface area contributed by atoms with Crippen LogP contribution < -0.4 is 10.6 Å². The Morgan fingerprint density at radius 1 is 1.23 bits per heavy atom. The van der Waals surface area contributed by atoms with E-state index in [4.69, 9.17) is 14.5 Å². The monoisotopic (exact) mass is 430 g/mol. The molecule has 2 heterocycles. The summed E-state index contributed by atoms with van der Waals surface area (Å²) in [6.45, 7) is 7.88. The Morgan fingerprint density at radius 3 is 2.87 bits per heavy atom. The molecule has 0 amide bonds. The van der Waals surface area contributed by atoms with Crippen molar-refractivity contribution in [3.63, 3.8) is 0 Å². The van der Waals surface area contributed by atoms with E-state index in [1.54, 1.807) is 11.3 Å². The molecule has 1 aliphatic heterocycles. The van der Waals surface area contributed by atoms with E-state index in [-0.39, 0.29) is 0 Å². The number of hydrogen-bond acceptors (Lipinski definition) is 5. The molecule has 1 fully saturated rings. The molecule has 30 heavy (non-hydrogen) atoms. The van der Waals surface area contributed by atoms with Crippen LogP contribution in [0.2, 0.25) is 0 Å². The van der Waals surface area contributed by atoms with Crippen molar-refractivity contribution in [3.05, 3.63) is 41.4 Å². The molecule has 1 aliphatic rings. The Bertz CT molecular complexity index is 745. The van der Waals surface area contributed by atoms with Gasteiger partial charge in [-0.25, -0.2) is 4.98 Å².